The molecule has 136 valence electrons. The first-order chi connectivity index (χ1) is 12.5. The number of primary amides is 1. The number of benzene rings is 1. The Morgan fingerprint density at radius 3 is 2.42 bits per heavy atom. The molecule has 5 rings (SSSR count). The Kier molecular flexibility index (Phi) is 4.54. The minimum atomic E-state index is -0.436. The quantitative estimate of drug-likeness (QED) is 0.870. The van der Waals surface area contributed by atoms with Crippen molar-refractivity contribution in [2.75, 3.05) is 13.1 Å². The van der Waals surface area contributed by atoms with Gasteiger partial charge in [0.25, 0.3) is 5.91 Å². The summed E-state index contributed by atoms with van der Waals surface area (Å²) in [6.45, 7) is 4.53. The summed E-state index contributed by atoms with van der Waals surface area (Å²) in [6.07, 6.45) is 2.36. The van der Waals surface area contributed by atoms with E-state index in [1.807, 2.05) is 24.3 Å². The molecule has 26 heavy (non-hydrogen) atoms. The number of carbonyl (C=O) groups excluding carboxylic acids is 2. The van der Waals surface area contributed by atoms with Crippen molar-refractivity contribution < 1.29 is 9.59 Å². The zero-order valence-electron chi connectivity index (χ0n) is 14.8. The first-order valence-electron chi connectivity index (χ1n) is 9.08. The predicted octanol–water partition coefficient (Wildman–Crippen LogP) is 2.73. The monoisotopic (exact) mass is 369 g/mol. The van der Waals surface area contributed by atoms with Crippen LogP contribution in [0.2, 0.25) is 0 Å². The average molecular weight is 369 g/mol. The second-order valence-corrected chi connectivity index (χ2v) is 8.30. The molecule has 1 aromatic heterocycles. The number of fused-ring (bicyclic) bond motifs is 3. The van der Waals surface area contributed by atoms with Crippen LogP contribution in [0.3, 0.4) is 0 Å². The third-order valence-electron chi connectivity index (χ3n) is 5.76. The number of thiophene rings is 1. The van der Waals surface area contributed by atoms with Crippen molar-refractivity contribution in [2.45, 2.75) is 31.8 Å². The van der Waals surface area contributed by atoms with E-state index in [0.29, 0.717) is 17.5 Å². The van der Waals surface area contributed by atoms with Crippen molar-refractivity contribution >= 4 is 23.2 Å². The maximum Gasteiger partial charge on any atom is 0.261 e. The highest BCUT2D eigenvalue weighted by Crippen LogP contribution is 2.33. The van der Waals surface area contributed by atoms with E-state index in [2.05, 4.69) is 17.1 Å². The molecule has 0 unspecified atom stereocenters. The van der Waals surface area contributed by atoms with E-state index in [-0.39, 0.29) is 11.9 Å². The minimum Gasteiger partial charge on any atom is -0.366 e. The van der Waals surface area contributed by atoms with E-state index < -0.39 is 5.91 Å². The molecule has 3 aliphatic heterocycles. The van der Waals surface area contributed by atoms with Gasteiger partial charge in [0, 0.05) is 22.5 Å². The largest absolute Gasteiger partial charge is 0.366 e. The number of amides is 2. The Hall–Kier alpha value is -2.18. The van der Waals surface area contributed by atoms with Crippen LogP contribution in [-0.4, -0.2) is 41.9 Å². The van der Waals surface area contributed by atoms with Crippen molar-refractivity contribution in [3.05, 3.63) is 46.8 Å². The fourth-order valence-corrected chi connectivity index (χ4v) is 5.10. The number of rotatable bonds is 4. The van der Waals surface area contributed by atoms with Gasteiger partial charge in [-0.05, 0) is 68.6 Å². The molecule has 2 amide bonds. The summed E-state index contributed by atoms with van der Waals surface area (Å²) in [6, 6.07) is 11.6. The average Bonchev–Trinajstić information content (AvgIpc) is 3.15. The maximum absolute atomic E-state index is 12.7. The molecule has 3 fully saturated rings. The van der Waals surface area contributed by atoms with Gasteiger partial charge in [0.05, 0.1) is 4.88 Å². The molecule has 0 saturated carbocycles. The zero-order chi connectivity index (χ0) is 18.3. The van der Waals surface area contributed by atoms with E-state index in [1.54, 1.807) is 12.1 Å². The molecule has 0 radical (unpaired) electrons. The third kappa shape index (κ3) is 3.15. The molecule has 2 aromatic rings. The summed E-state index contributed by atoms with van der Waals surface area (Å²) in [5.41, 5.74) is 6.75. The molecule has 0 spiro atoms. The predicted molar refractivity (Wildman–Crippen MR) is 103 cm³/mol. The van der Waals surface area contributed by atoms with E-state index in [1.165, 1.54) is 24.2 Å². The summed E-state index contributed by atoms with van der Waals surface area (Å²) in [4.78, 5) is 28.1. The van der Waals surface area contributed by atoms with Crippen molar-refractivity contribution in [3.8, 4) is 10.4 Å². The van der Waals surface area contributed by atoms with E-state index in [4.69, 9.17) is 5.73 Å². The van der Waals surface area contributed by atoms with Crippen LogP contribution in [0.5, 0.6) is 0 Å². The van der Waals surface area contributed by atoms with Crippen molar-refractivity contribution in [2.24, 2.45) is 11.7 Å². The summed E-state index contributed by atoms with van der Waals surface area (Å²) in [5.74, 6) is 0.176. The highest BCUT2D eigenvalue weighted by atomic mass is 32.1. The summed E-state index contributed by atoms with van der Waals surface area (Å²) >= 11 is 1.48. The molecule has 3 N–H and O–H groups in total. The summed E-state index contributed by atoms with van der Waals surface area (Å²) < 4.78 is 0. The third-order valence-corrected chi connectivity index (χ3v) is 6.89. The van der Waals surface area contributed by atoms with Crippen LogP contribution in [0.25, 0.3) is 10.4 Å². The Morgan fingerprint density at radius 1 is 1.12 bits per heavy atom. The molecule has 1 aromatic carbocycles. The normalized spacial score (nSPS) is 27.3. The van der Waals surface area contributed by atoms with Crippen molar-refractivity contribution in [3.63, 3.8) is 0 Å². The van der Waals surface area contributed by atoms with Crippen LogP contribution in [0.15, 0.2) is 36.4 Å². The number of nitrogens with zero attached hydrogens (tertiary/aromatic N) is 1. The molecule has 3 aliphatic rings. The molecule has 5 nitrogen and oxygen atoms in total. The number of nitrogens with two attached hydrogens (primary N) is 1. The lowest BCUT2D eigenvalue weighted by atomic mass is 9.79. The Labute approximate surface area is 157 Å². The lowest BCUT2D eigenvalue weighted by Crippen LogP contribution is -2.62. The van der Waals surface area contributed by atoms with Crippen LogP contribution < -0.4 is 11.1 Å². The van der Waals surface area contributed by atoms with Gasteiger partial charge in [-0.1, -0.05) is 12.1 Å². The number of nitrogens with one attached hydrogen (secondary N) is 1. The van der Waals surface area contributed by atoms with Gasteiger partial charge in [-0.3, -0.25) is 14.5 Å². The molecular formula is C20H23N3O2S. The highest BCUT2D eigenvalue weighted by molar-refractivity contribution is 7.17. The second-order valence-electron chi connectivity index (χ2n) is 7.22. The smallest absolute Gasteiger partial charge is 0.261 e. The first kappa shape index (κ1) is 17.2. The van der Waals surface area contributed by atoms with E-state index in [0.717, 1.165) is 28.4 Å². The van der Waals surface area contributed by atoms with Crippen LogP contribution in [0, 0.1) is 5.92 Å². The second kappa shape index (κ2) is 6.85. The van der Waals surface area contributed by atoms with Crippen LogP contribution >= 0.6 is 11.3 Å². The van der Waals surface area contributed by atoms with E-state index >= 15 is 0 Å². The zero-order valence-corrected chi connectivity index (χ0v) is 15.6. The molecule has 3 saturated heterocycles. The van der Waals surface area contributed by atoms with Gasteiger partial charge < -0.3 is 11.1 Å². The fourth-order valence-electron chi connectivity index (χ4n) is 4.18. The standard InChI is InChI=1S/C20H23N3O2S/c1-12-18(14-8-10-23(12)11-9-14)22-20(25)17-7-6-16(26-17)13-2-4-15(5-3-13)19(21)24/h2-7,12,14,18H,8-11H2,1H3,(H2,21,24)(H,22,25)/t12-,18-/m0/s1. The molecule has 4 heterocycles. The van der Waals surface area contributed by atoms with Gasteiger partial charge >= 0.3 is 0 Å². The molecule has 2 atom stereocenters. The fraction of sp³-hybridized carbons (Fsp3) is 0.400. The van der Waals surface area contributed by atoms with Gasteiger partial charge in [0.2, 0.25) is 5.91 Å². The number of carbonyl (C=O) groups is 2. The van der Waals surface area contributed by atoms with Crippen LogP contribution in [-0.2, 0) is 0 Å². The lowest BCUT2D eigenvalue weighted by molar-refractivity contribution is 0.0218. The van der Waals surface area contributed by atoms with Gasteiger partial charge in [-0.25, -0.2) is 0 Å². The van der Waals surface area contributed by atoms with Gasteiger partial charge in [-0.15, -0.1) is 11.3 Å². The Morgan fingerprint density at radius 2 is 1.81 bits per heavy atom. The maximum atomic E-state index is 12.7. The number of hydrogen-bond acceptors (Lipinski definition) is 4. The van der Waals surface area contributed by atoms with Crippen LogP contribution in [0.1, 0.15) is 39.8 Å². The Bertz CT molecular complexity index is 820. The van der Waals surface area contributed by atoms with Gasteiger partial charge in [0.15, 0.2) is 0 Å². The SMILES string of the molecule is C[C@H]1[C@H](NC(=O)c2ccc(-c3ccc(C(N)=O)cc3)s2)C2CCN1CC2. The lowest BCUT2D eigenvalue weighted by Gasteiger charge is -2.49. The van der Waals surface area contributed by atoms with Gasteiger partial charge in [-0.2, -0.15) is 0 Å². The Balaban J connectivity index is 1.47. The molecular weight excluding hydrogens is 346 g/mol. The summed E-state index contributed by atoms with van der Waals surface area (Å²) in [7, 11) is 0. The summed E-state index contributed by atoms with van der Waals surface area (Å²) in [5, 5.41) is 3.27. The molecule has 6 heteroatoms. The van der Waals surface area contributed by atoms with Gasteiger partial charge in [0.1, 0.15) is 0 Å². The molecule has 2 bridgehead atoms. The molecule has 0 aliphatic carbocycles. The highest BCUT2D eigenvalue weighted by Gasteiger charge is 2.40. The number of hydrogen-bond donors (Lipinski definition) is 2. The first-order valence-corrected chi connectivity index (χ1v) is 9.89. The topological polar surface area (TPSA) is 75.4 Å². The number of piperidine rings is 3. The van der Waals surface area contributed by atoms with Crippen molar-refractivity contribution in [1.82, 2.24) is 10.2 Å². The van der Waals surface area contributed by atoms with Crippen molar-refractivity contribution in [1.29, 1.82) is 0 Å². The van der Waals surface area contributed by atoms with Crippen LogP contribution in [0.4, 0.5) is 0 Å². The minimum absolute atomic E-state index is 0.0145. The van der Waals surface area contributed by atoms with E-state index in [9.17, 15) is 9.59 Å².